The molecule has 0 saturated carbocycles. The van der Waals surface area contributed by atoms with Crippen molar-refractivity contribution in [3.05, 3.63) is 17.6 Å². The number of anilines is 1. The normalized spacial score (nSPS) is 20.1. The molecule has 2 N–H and O–H groups in total. The first-order valence-corrected chi connectivity index (χ1v) is 9.36. The molecule has 3 heterocycles. The fourth-order valence-corrected chi connectivity index (χ4v) is 3.25. The van der Waals surface area contributed by atoms with Gasteiger partial charge in [-0.3, -0.25) is 0 Å². The largest absolute Gasteiger partial charge is 0.490 e. The van der Waals surface area contributed by atoms with Crippen molar-refractivity contribution in [2.75, 3.05) is 38.2 Å². The number of hydrogen-bond donors (Lipinski definition) is 2. The summed E-state index contributed by atoms with van der Waals surface area (Å²) in [5, 5.41) is 10.6. The van der Waals surface area contributed by atoms with Crippen molar-refractivity contribution in [2.45, 2.75) is 45.3 Å². The highest BCUT2D eigenvalue weighted by Gasteiger charge is 2.38. The highest BCUT2D eigenvalue weighted by molar-refractivity contribution is 5.73. The second-order valence-electron chi connectivity index (χ2n) is 7.28. The van der Waals surface area contributed by atoms with Gasteiger partial charge in [-0.25, -0.2) is 14.8 Å². The van der Waals surface area contributed by atoms with Crippen LogP contribution in [0, 0.1) is 5.92 Å². The van der Waals surface area contributed by atoms with Gasteiger partial charge in [0, 0.05) is 44.3 Å². The molecule has 7 nitrogen and oxygen atoms in total. The van der Waals surface area contributed by atoms with E-state index in [0.717, 1.165) is 51.5 Å². The summed E-state index contributed by atoms with van der Waals surface area (Å²) in [5.41, 5.74) is 2.54. The number of carbonyl (C=O) groups is 1. The Hall–Kier alpha value is -1.94. The fourth-order valence-electron chi connectivity index (χ4n) is 3.25. The molecule has 1 aromatic heterocycles. The van der Waals surface area contributed by atoms with E-state index in [0.29, 0.717) is 12.0 Å². The monoisotopic (exact) mass is 404 g/mol. The van der Waals surface area contributed by atoms with E-state index < -0.39 is 12.1 Å². The lowest BCUT2D eigenvalue weighted by Crippen LogP contribution is -2.32. The average Bonchev–Trinajstić information content (AvgIpc) is 3.01. The van der Waals surface area contributed by atoms with Crippen LogP contribution in [0.15, 0.2) is 6.33 Å². The van der Waals surface area contributed by atoms with Gasteiger partial charge >= 0.3 is 12.1 Å². The topological polar surface area (TPSA) is 87.6 Å². The summed E-state index contributed by atoms with van der Waals surface area (Å²) in [4.78, 5) is 20.4. The molecule has 10 heteroatoms. The van der Waals surface area contributed by atoms with Crippen molar-refractivity contribution >= 4 is 11.8 Å². The van der Waals surface area contributed by atoms with Crippen LogP contribution in [0.3, 0.4) is 0 Å². The molecule has 1 saturated heterocycles. The number of nitrogens with one attached hydrogen (secondary N) is 1. The molecule has 0 spiro atoms. The quantitative estimate of drug-likeness (QED) is 0.797. The number of carboxylic acids is 1. The molecule has 3 rings (SSSR count). The number of halogens is 3. The summed E-state index contributed by atoms with van der Waals surface area (Å²) < 4.78 is 37.2. The third-order valence-electron chi connectivity index (χ3n) is 4.59. The second kappa shape index (κ2) is 10.0. The van der Waals surface area contributed by atoms with Crippen LogP contribution in [0.4, 0.5) is 19.0 Å². The van der Waals surface area contributed by atoms with Gasteiger partial charge in [0.1, 0.15) is 12.1 Å². The molecule has 1 aromatic rings. The smallest absolute Gasteiger partial charge is 0.475 e. The van der Waals surface area contributed by atoms with Gasteiger partial charge in [-0.15, -0.1) is 0 Å². The third-order valence-corrected chi connectivity index (χ3v) is 4.59. The van der Waals surface area contributed by atoms with Crippen LogP contribution < -0.4 is 5.32 Å². The van der Waals surface area contributed by atoms with Crippen LogP contribution in [0.1, 0.15) is 31.5 Å². The third kappa shape index (κ3) is 6.90. The molecule has 2 aliphatic heterocycles. The van der Waals surface area contributed by atoms with Crippen molar-refractivity contribution < 1.29 is 27.8 Å². The van der Waals surface area contributed by atoms with Crippen LogP contribution in [0.5, 0.6) is 0 Å². The van der Waals surface area contributed by atoms with Crippen LogP contribution >= 0.6 is 0 Å². The summed E-state index contributed by atoms with van der Waals surface area (Å²) >= 11 is 0. The number of ether oxygens (including phenoxy) is 1. The molecule has 0 amide bonds. The Balaban J connectivity index is 0.000000345. The van der Waals surface area contributed by atoms with Crippen molar-refractivity contribution in [2.24, 2.45) is 5.92 Å². The van der Waals surface area contributed by atoms with E-state index in [4.69, 9.17) is 14.6 Å². The molecule has 2 aliphatic rings. The molecular formula is C18H27F3N4O3. The van der Waals surface area contributed by atoms with Gasteiger partial charge in [-0.1, -0.05) is 0 Å². The van der Waals surface area contributed by atoms with Crippen LogP contribution in [0.25, 0.3) is 0 Å². The van der Waals surface area contributed by atoms with Crippen LogP contribution in [0.2, 0.25) is 0 Å². The van der Waals surface area contributed by atoms with Gasteiger partial charge < -0.3 is 20.1 Å². The summed E-state index contributed by atoms with van der Waals surface area (Å²) in [6.07, 6.45) is -0.107. The minimum atomic E-state index is -5.08. The van der Waals surface area contributed by atoms with Gasteiger partial charge in [0.05, 0.1) is 12.3 Å². The maximum absolute atomic E-state index is 10.6. The zero-order chi connectivity index (χ0) is 20.7. The first-order chi connectivity index (χ1) is 13.2. The van der Waals surface area contributed by atoms with E-state index in [1.807, 2.05) is 0 Å². The van der Waals surface area contributed by atoms with E-state index in [9.17, 15) is 13.2 Å². The Morgan fingerprint density at radius 1 is 1.36 bits per heavy atom. The number of rotatable bonds is 4. The molecule has 28 heavy (non-hydrogen) atoms. The number of aromatic nitrogens is 2. The predicted octanol–water partition coefficient (Wildman–Crippen LogP) is 2.37. The Bertz CT molecular complexity index is 649. The number of nitrogens with zero attached hydrogens (tertiary/aromatic N) is 3. The summed E-state index contributed by atoms with van der Waals surface area (Å²) in [6.45, 7) is 9.53. The molecular weight excluding hydrogens is 377 g/mol. The molecule has 1 atom stereocenters. The number of fused-ring (bicyclic) bond motifs is 1. The van der Waals surface area contributed by atoms with E-state index in [2.05, 4.69) is 34.0 Å². The van der Waals surface area contributed by atoms with Gasteiger partial charge in [0.2, 0.25) is 0 Å². The molecule has 0 aromatic carbocycles. The maximum Gasteiger partial charge on any atom is 0.490 e. The Morgan fingerprint density at radius 2 is 2.04 bits per heavy atom. The van der Waals surface area contributed by atoms with Crippen LogP contribution in [-0.4, -0.2) is 71.0 Å². The molecule has 0 radical (unpaired) electrons. The lowest BCUT2D eigenvalue weighted by molar-refractivity contribution is -0.192. The second-order valence-corrected chi connectivity index (χ2v) is 7.28. The van der Waals surface area contributed by atoms with E-state index >= 15 is 0 Å². The van der Waals surface area contributed by atoms with Crippen molar-refractivity contribution in [3.8, 4) is 0 Å². The van der Waals surface area contributed by atoms with E-state index in [1.54, 1.807) is 6.33 Å². The Kier molecular flexibility index (Phi) is 7.99. The number of hydrogen-bond acceptors (Lipinski definition) is 6. The molecule has 0 bridgehead atoms. The zero-order valence-electron chi connectivity index (χ0n) is 16.1. The van der Waals surface area contributed by atoms with Gasteiger partial charge in [0.25, 0.3) is 0 Å². The number of aliphatic carboxylic acids is 1. The Labute approximate surface area is 162 Å². The predicted molar refractivity (Wildman–Crippen MR) is 97.3 cm³/mol. The lowest BCUT2D eigenvalue weighted by atomic mass is 10.1. The first kappa shape index (κ1) is 22.4. The first-order valence-electron chi connectivity index (χ1n) is 9.36. The number of carboxylic acid groups (broad SMARTS) is 1. The molecule has 158 valence electrons. The van der Waals surface area contributed by atoms with Crippen molar-refractivity contribution in [1.82, 2.24) is 14.9 Å². The molecule has 1 fully saturated rings. The highest BCUT2D eigenvalue weighted by Crippen LogP contribution is 2.22. The summed E-state index contributed by atoms with van der Waals surface area (Å²) in [5.74, 6) is -1.01. The fraction of sp³-hybridized carbons (Fsp3) is 0.722. The SMILES string of the molecule is CC(C)Nc1ncnc2c1CCN(CC1CCOC1)CC2.O=C(O)C(F)(F)F. The minimum Gasteiger partial charge on any atom is -0.475 e. The Morgan fingerprint density at radius 3 is 2.61 bits per heavy atom. The standard InChI is InChI=1S/C16H26N4O.C2HF3O2/c1-12(2)19-16-14-3-6-20(9-13-5-8-21-10-13)7-4-15(14)17-11-18-16;3-2(4,5)1(6)7/h11-13H,3-10H2,1-2H3,(H,17,18,19);(H,6,7). The van der Waals surface area contributed by atoms with E-state index in [1.165, 1.54) is 17.7 Å². The average molecular weight is 404 g/mol. The zero-order valence-corrected chi connectivity index (χ0v) is 16.1. The molecule has 1 unspecified atom stereocenters. The van der Waals surface area contributed by atoms with Gasteiger partial charge in [0.15, 0.2) is 0 Å². The maximum atomic E-state index is 10.6. The highest BCUT2D eigenvalue weighted by atomic mass is 19.4. The minimum absolute atomic E-state index is 0.402. The molecule has 0 aliphatic carbocycles. The summed E-state index contributed by atoms with van der Waals surface area (Å²) in [6, 6.07) is 0.402. The van der Waals surface area contributed by atoms with Gasteiger partial charge in [-0.05, 0) is 32.6 Å². The van der Waals surface area contributed by atoms with Crippen LogP contribution in [-0.2, 0) is 22.4 Å². The number of alkyl halides is 3. The van der Waals surface area contributed by atoms with E-state index in [-0.39, 0.29) is 0 Å². The summed E-state index contributed by atoms with van der Waals surface area (Å²) in [7, 11) is 0. The van der Waals surface area contributed by atoms with Crippen molar-refractivity contribution in [3.63, 3.8) is 0 Å². The van der Waals surface area contributed by atoms with Crippen molar-refractivity contribution in [1.29, 1.82) is 0 Å². The van der Waals surface area contributed by atoms with Gasteiger partial charge in [-0.2, -0.15) is 13.2 Å². The lowest BCUT2D eigenvalue weighted by Gasteiger charge is -2.22.